The van der Waals surface area contributed by atoms with Gasteiger partial charge in [0.2, 0.25) is 0 Å². The Bertz CT molecular complexity index is 434. The molecule has 0 fully saturated rings. The fourth-order valence-electron chi connectivity index (χ4n) is 1.71. The van der Waals surface area contributed by atoms with Crippen LogP contribution in [0.25, 0.3) is 0 Å². The van der Waals surface area contributed by atoms with Gasteiger partial charge >= 0.3 is 5.97 Å². The molecule has 6 nitrogen and oxygen atoms in total. The van der Waals surface area contributed by atoms with Gasteiger partial charge in [0.1, 0.15) is 0 Å². The van der Waals surface area contributed by atoms with Gasteiger partial charge in [-0.25, -0.2) is 0 Å². The first-order valence-corrected chi connectivity index (χ1v) is 5.74. The Labute approximate surface area is 105 Å². The molecule has 0 aliphatic heterocycles. The molecule has 0 saturated heterocycles. The molecule has 0 aromatic heterocycles. The molecule has 0 aliphatic carbocycles. The number of benzene rings is 1. The zero-order valence-electron chi connectivity index (χ0n) is 10.1. The number of aliphatic carboxylic acids is 1. The number of hydrogen-bond donors (Lipinski definition) is 2. The summed E-state index contributed by atoms with van der Waals surface area (Å²) >= 11 is 0. The van der Waals surface area contributed by atoms with Gasteiger partial charge in [-0.05, 0) is 12.0 Å². The van der Waals surface area contributed by atoms with Crippen molar-refractivity contribution in [3.63, 3.8) is 0 Å². The topological polar surface area (TPSA) is 92.5 Å². The fraction of sp³-hybridized carbons (Fsp3) is 0.417. The number of nitro groups is 1. The van der Waals surface area contributed by atoms with Crippen LogP contribution < -0.4 is 5.32 Å². The van der Waals surface area contributed by atoms with Gasteiger partial charge in [-0.15, -0.1) is 0 Å². The Morgan fingerprint density at radius 2 is 2.28 bits per heavy atom. The average Bonchev–Trinajstić information content (AvgIpc) is 2.34. The zero-order chi connectivity index (χ0) is 13.5. The first-order chi connectivity index (χ1) is 8.54. The monoisotopic (exact) mass is 252 g/mol. The highest BCUT2D eigenvalue weighted by atomic mass is 16.6. The minimum Gasteiger partial charge on any atom is -0.481 e. The molecular formula is C12H16N2O4. The van der Waals surface area contributed by atoms with E-state index in [4.69, 9.17) is 5.11 Å². The van der Waals surface area contributed by atoms with Crippen molar-refractivity contribution < 1.29 is 14.8 Å². The molecule has 18 heavy (non-hydrogen) atoms. The maximum Gasteiger partial charge on any atom is 0.304 e. The molecule has 1 aromatic carbocycles. The van der Waals surface area contributed by atoms with Crippen LogP contribution in [-0.4, -0.2) is 22.5 Å². The van der Waals surface area contributed by atoms with Gasteiger partial charge in [-0.1, -0.05) is 19.1 Å². The van der Waals surface area contributed by atoms with Gasteiger partial charge in [0, 0.05) is 24.7 Å². The van der Waals surface area contributed by atoms with Crippen LogP contribution in [0, 0.1) is 10.1 Å². The van der Waals surface area contributed by atoms with Crippen molar-refractivity contribution in [2.45, 2.75) is 25.8 Å². The molecule has 2 N–H and O–H groups in total. The highest BCUT2D eigenvalue weighted by molar-refractivity contribution is 5.66. The van der Waals surface area contributed by atoms with E-state index in [2.05, 4.69) is 5.32 Å². The lowest BCUT2D eigenvalue weighted by Gasteiger charge is -2.16. The molecule has 0 radical (unpaired) electrons. The van der Waals surface area contributed by atoms with E-state index >= 15 is 0 Å². The summed E-state index contributed by atoms with van der Waals surface area (Å²) in [4.78, 5) is 20.7. The first kappa shape index (κ1) is 14.1. The SMILES string of the molecule is CCC(NCCC(=O)O)c1cccc([N+](=O)[O-])c1. The third-order valence-electron chi connectivity index (χ3n) is 2.62. The first-order valence-electron chi connectivity index (χ1n) is 5.74. The van der Waals surface area contributed by atoms with Crippen molar-refractivity contribution in [1.82, 2.24) is 5.32 Å². The number of carboxylic acid groups (broad SMARTS) is 1. The van der Waals surface area contributed by atoms with E-state index in [0.717, 1.165) is 12.0 Å². The quantitative estimate of drug-likeness (QED) is 0.572. The lowest BCUT2D eigenvalue weighted by molar-refractivity contribution is -0.384. The minimum absolute atomic E-state index is 0.0332. The Balaban J connectivity index is 2.72. The second kappa shape index (κ2) is 6.70. The number of hydrogen-bond acceptors (Lipinski definition) is 4. The number of rotatable bonds is 7. The summed E-state index contributed by atoms with van der Waals surface area (Å²) in [6.07, 6.45) is 0.770. The predicted molar refractivity (Wildman–Crippen MR) is 66.4 cm³/mol. The van der Waals surface area contributed by atoms with Crippen LogP contribution in [-0.2, 0) is 4.79 Å². The predicted octanol–water partition coefficient (Wildman–Crippen LogP) is 2.11. The summed E-state index contributed by atoms with van der Waals surface area (Å²) in [7, 11) is 0. The van der Waals surface area contributed by atoms with Gasteiger partial charge in [0.05, 0.1) is 11.3 Å². The van der Waals surface area contributed by atoms with Gasteiger partial charge in [0.25, 0.3) is 5.69 Å². The summed E-state index contributed by atoms with van der Waals surface area (Å²) in [6.45, 7) is 2.29. The van der Waals surface area contributed by atoms with E-state index in [9.17, 15) is 14.9 Å². The smallest absolute Gasteiger partial charge is 0.304 e. The average molecular weight is 252 g/mol. The molecule has 0 heterocycles. The van der Waals surface area contributed by atoms with E-state index in [0.29, 0.717) is 6.54 Å². The van der Waals surface area contributed by atoms with Crippen molar-refractivity contribution in [1.29, 1.82) is 0 Å². The summed E-state index contributed by atoms with van der Waals surface area (Å²) in [5.74, 6) is -0.864. The van der Waals surface area contributed by atoms with Crippen LogP contribution in [0.2, 0.25) is 0 Å². The second-order valence-corrected chi connectivity index (χ2v) is 3.91. The molecule has 1 aromatic rings. The standard InChI is InChI=1S/C12H16N2O4/c1-2-11(13-7-6-12(15)16)9-4-3-5-10(8-9)14(17)18/h3-5,8,11,13H,2,6-7H2,1H3,(H,15,16). The normalized spacial score (nSPS) is 12.1. The van der Waals surface area contributed by atoms with Gasteiger partial charge in [0.15, 0.2) is 0 Å². The van der Waals surface area contributed by atoms with Gasteiger partial charge in [-0.3, -0.25) is 14.9 Å². The van der Waals surface area contributed by atoms with E-state index in [-0.39, 0.29) is 18.2 Å². The van der Waals surface area contributed by atoms with Gasteiger partial charge < -0.3 is 10.4 Å². The molecule has 1 unspecified atom stereocenters. The van der Waals surface area contributed by atoms with Crippen LogP contribution in [0.5, 0.6) is 0 Å². The molecule has 0 bridgehead atoms. The second-order valence-electron chi connectivity index (χ2n) is 3.91. The molecule has 0 amide bonds. The van der Waals surface area contributed by atoms with E-state index in [1.165, 1.54) is 12.1 Å². The third kappa shape index (κ3) is 4.14. The number of nitro benzene ring substituents is 1. The summed E-state index contributed by atoms with van der Waals surface area (Å²) in [5, 5.41) is 22.3. The van der Waals surface area contributed by atoms with Gasteiger partial charge in [-0.2, -0.15) is 0 Å². The van der Waals surface area contributed by atoms with Crippen molar-refractivity contribution >= 4 is 11.7 Å². The molecule has 6 heteroatoms. The van der Waals surface area contributed by atoms with Crippen LogP contribution >= 0.6 is 0 Å². The van der Waals surface area contributed by atoms with Crippen LogP contribution in [0.4, 0.5) is 5.69 Å². The molecular weight excluding hydrogens is 236 g/mol. The van der Waals surface area contributed by atoms with E-state index < -0.39 is 10.9 Å². The van der Waals surface area contributed by atoms with E-state index in [1.54, 1.807) is 12.1 Å². The highest BCUT2D eigenvalue weighted by Crippen LogP contribution is 2.21. The third-order valence-corrected chi connectivity index (χ3v) is 2.62. The molecule has 0 saturated carbocycles. The molecule has 1 rings (SSSR count). The van der Waals surface area contributed by atoms with Crippen molar-refractivity contribution in [2.75, 3.05) is 6.54 Å². The number of carboxylic acids is 1. The maximum absolute atomic E-state index is 10.7. The lowest BCUT2D eigenvalue weighted by Crippen LogP contribution is -2.23. The largest absolute Gasteiger partial charge is 0.481 e. The maximum atomic E-state index is 10.7. The Hall–Kier alpha value is -1.95. The van der Waals surface area contributed by atoms with E-state index in [1.807, 2.05) is 6.92 Å². The number of carbonyl (C=O) groups is 1. The van der Waals surface area contributed by atoms with Crippen molar-refractivity contribution in [2.24, 2.45) is 0 Å². The molecule has 98 valence electrons. The Morgan fingerprint density at radius 1 is 1.56 bits per heavy atom. The number of nitrogens with one attached hydrogen (secondary N) is 1. The number of non-ortho nitro benzene ring substituents is 1. The summed E-state index contributed by atoms with van der Waals surface area (Å²) < 4.78 is 0. The van der Waals surface area contributed by atoms with Crippen LogP contribution in [0.15, 0.2) is 24.3 Å². The van der Waals surface area contributed by atoms with Crippen LogP contribution in [0.1, 0.15) is 31.4 Å². The summed E-state index contributed by atoms with van der Waals surface area (Å²) in [6, 6.07) is 6.32. The zero-order valence-corrected chi connectivity index (χ0v) is 10.1. The molecule has 0 aliphatic rings. The number of nitrogens with zero attached hydrogens (tertiary/aromatic N) is 1. The fourth-order valence-corrected chi connectivity index (χ4v) is 1.71. The Morgan fingerprint density at radius 3 is 2.83 bits per heavy atom. The van der Waals surface area contributed by atoms with Crippen molar-refractivity contribution in [3.8, 4) is 0 Å². The molecule has 1 atom stereocenters. The summed E-state index contributed by atoms with van der Waals surface area (Å²) in [5.41, 5.74) is 0.850. The van der Waals surface area contributed by atoms with Crippen molar-refractivity contribution in [3.05, 3.63) is 39.9 Å². The lowest BCUT2D eigenvalue weighted by atomic mass is 10.0. The highest BCUT2D eigenvalue weighted by Gasteiger charge is 2.13. The Kier molecular flexibility index (Phi) is 5.26. The molecule has 0 spiro atoms. The minimum atomic E-state index is -0.864. The van der Waals surface area contributed by atoms with Crippen LogP contribution in [0.3, 0.4) is 0 Å².